The third kappa shape index (κ3) is 5.13. The summed E-state index contributed by atoms with van der Waals surface area (Å²) in [6, 6.07) is 10.0. The predicted molar refractivity (Wildman–Crippen MR) is 119 cm³/mol. The number of carbonyl (C=O) groups is 3. The molecule has 0 radical (unpaired) electrons. The van der Waals surface area contributed by atoms with Crippen LogP contribution in [-0.2, 0) is 14.6 Å². The normalized spacial score (nSPS) is 14.4. The third-order valence-corrected chi connectivity index (χ3v) is 6.17. The van der Waals surface area contributed by atoms with Crippen molar-refractivity contribution in [2.75, 3.05) is 23.9 Å². The van der Waals surface area contributed by atoms with Gasteiger partial charge < -0.3 is 10.1 Å². The lowest BCUT2D eigenvalue weighted by Gasteiger charge is -2.25. The molecule has 0 saturated heterocycles. The Kier molecular flexibility index (Phi) is 6.80. The van der Waals surface area contributed by atoms with E-state index in [9.17, 15) is 22.8 Å². The summed E-state index contributed by atoms with van der Waals surface area (Å²) < 4.78 is 29.6. The van der Waals surface area contributed by atoms with Crippen LogP contribution >= 0.6 is 15.9 Å². The summed E-state index contributed by atoms with van der Waals surface area (Å²) in [6.45, 7) is 2.17. The van der Waals surface area contributed by atoms with Crippen molar-refractivity contribution in [2.24, 2.45) is 0 Å². The molecule has 1 aliphatic rings. The summed E-state index contributed by atoms with van der Waals surface area (Å²) in [6.07, 6.45) is 0.806. The number of fused-ring (bicyclic) bond motifs is 1. The molecule has 1 aliphatic heterocycles. The number of amides is 3. The van der Waals surface area contributed by atoms with Crippen LogP contribution < -0.4 is 10.1 Å². The monoisotopic (exact) mass is 508 g/mol. The Balaban J connectivity index is 1.95. The summed E-state index contributed by atoms with van der Waals surface area (Å²) in [5, 5.41) is 2.67. The molecule has 2 aromatic carbocycles. The fourth-order valence-electron chi connectivity index (χ4n) is 3.29. The summed E-state index contributed by atoms with van der Waals surface area (Å²) in [7, 11) is -3.44. The van der Waals surface area contributed by atoms with Gasteiger partial charge in [-0.1, -0.05) is 28.1 Å². The van der Waals surface area contributed by atoms with E-state index in [4.69, 9.17) is 4.74 Å². The summed E-state index contributed by atoms with van der Waals surface area (Å²) in [5.41, 5.74) is 0.685. The van der Waals surface area contributed by atoms with E-state index < -0.39 is 33.6 Å². The number of benzene rings is 2. The molecule has 164 valence electrons. The average molecular weight is 509 g/mol. The van der Waals surface area contributed by atoms with Crippen LogP contribution in [0.4, 0.5) is 5.69 Å². The van der Waals surface area contributed by atoms with Crippen molar-refractivity contribution in [3.63, 3.8) is 0 Å². The molecular formula is C21H21BrN2O6S. The van der Waals surface area contributed by atoms with Gasteiger partial charge in [0.25, 0.3) is 11.8 Å². The molecule has 0 spiro atoms. The van der Waals surface area contributed by atoms with E-state index in [1.54, 1.807) is 37.3 Å². The van der Waals surface area contributed by atoms with Gasteiger partial charge in [0.2, 0.25) is 5.91 Å². The number of imide groups is 1. The van der Waals surface area contributed by atoms with Gasteiger partial charge in [-0.2, -0.15) is 0 Å². The van der Waals surface area contributed by atoms with Gasteiger partial charge >= 0.3 is 0 Å². The summed E-state index contributed by atoms with van der Waals surface area (Å²) >= 11 is 3.27. The first-order valence-corrected chi connectivity index (χ1v) is 12.4. The van der Waals surface area contributed by atoms with Gasteiger partial charge in [-0.25, -0.2) is 8.42 Å². The van der Waals surface area contributed by atoms with Crippen molar-refractivity contribution in [2.45, 2.75) is 19.4 Å². The third-order valence-electron chi connectivity index (χ3n) is 4.70. The second-order valence-electron chi connectivity index (χ2n) is 7.02. The number of hydrogen-bond donors (Lipinski definition) is 1. The van der Waals surface area contributed by atoms with Crippen LogP contribution in [0.2, 0.25) is 0 Å². The highest BCUT2D eigenvalue weighted by atomic mass is 79.9. The quantitative estimate of drug-likeness (QED) is 0.549. The summed E-state index contributed by atoms with van der Waals surface area (Å²) in [4.78, 5) is 39.9. The maximum Gasteiger partial charge on any atom is 0.262 e. The maximum atomic E-state index is 13.2. The number of halogens is 1. The molecule has 2 aromatic rings. The minimum absolute atomic E-state index is 0.159. The van der Waals surface area contributed by atoms with Crippen LogP contribution in [0.5, 0.6) is 5.75 Å². The van der Waals surface area contributed by atoms with Crippen molar-refractivity contribution >= 4 is 49.2 Å². The van der Waals surface area contributed by atoms with Gasteiger partial charge in [-0.3, -0.25) is 19.3 Å². The number of sulfone groups is 1. The van der Waals surface area contributed by atoms with Crippen LogP contribution in [0.3, 0.4) is 0 Å². The lowest BCUT2D eigenvalue weighted by atomic mass is 10.1. The maximum absolute atomic E-state index is 13.2. The number of nitrogens with zero attached hydrogens (tertiary/aromatic N) is 1. The Morgan fingerprint density at radius 2 is 1.81 bits per heavy atom. The average Bonchev–Trinajstić information content (AvgIpc) is 2.93. The van der Waals surface area contributed by atoms with Gasteiger partial charge in [0.1, 0.15) is 21.6 Å². The van der Waals surface area contributed by atoms with E-state index in [0.717, 1.165) is 11.2 Å². The largest absolute Gasteiger partial charge is 0.492 e. The fourth-order valence-corrected chi connectivity index (χ4v) is 4.30. The van der Waals surface area contributed by atoms with E-state index in [0.29, 0.717) is 22.5 Å². The number of rotatable bonds is 8. The van der Waals surface area contributed by atoms with E-state index in [1.807, 2.05) is 0 Å². The number of para-hydroxylation sites is 2. The second-order valence-corrected chi connectivity index (χ2v) is 10.2. The van der Waals surface area contributed by atoms with Crippen LogP contribution in [0.15, 0.2) is 46.9 Å². The number of hydrogen-bond acceptors (Lipinski definition) is 6. The Morgan fingerprint density at radius 3 is 2.48 bits per heavy atom. The number of anilines is 1. The molecule has 0 aliphatic carbocycles. The minimum Gasteiger partial charge on any atom is -0.492 e. The molecule has 3 rings (SSSR count). The molecule has 3 amide bonds. The molecule has 0 bridgehead atoms. The van der Waals surface area contributed by atoms with Gasteiger partial charge in [0.15, 0.2) is 0 Å². The number of nitrogens with one attached hydrogen (secondary N) is 1. The van der Waals surface area contributed by atoms with E-state index in [2.05, 4.69) is 21.2 Å². The highest BCUT2D eigenvalue weighted by molar-refractivity contribution is 9.10. The molecule has 0 fully saturated rings. The Labute approximate surface area is 188 Å². The molecule has 0 saturated carbocycles. The van der Waals surface area contributed by atoms with E-state index in [-0.39, 0.29) is 23.3 Å². The van der Waals surface area contributed by atoms with Crippen LogP contribution in [-0.4, -0.2) is 55.7 Å². The first-order chi connectivity index (χ1) is 14.6. The van der Waals surface area contributed by atoms with Gasteiger partial charge in [-0.15, -0.1) is 0 Å². The molecule has 10 heteroatoms. The van der Waals surface area contributed by atoms with Gasteiger partial charge in [0.05, 0.1) is 29.2 Å². The molecular weight excluding hydrogens is 488 g/mol. The highest BCUT2D eigenvalue weighted by Crippen LogP contribution is 2.30. The standard InChI is InChI=1S/C21H21BrN2O6S/c1-3-30-18-7-5-4-6-16(18)23-19(25)17(10-11-31(2,28)29)24-20(26)14-9-8-13(22)12-15(14)21(24)27/h4-9,12,17H,3,10-11H2,1-2H3,(H,23,25)/t17-/m0/s1. The highest BCUT2D eigenvalue weighted by Gasteiger charge is 2.43. The lowest BCUT2D eigenvalue weighted by Crippen LogP contribution is -2.48. The van der Waals surface area contributed by atoms with Crippen molar-refractivity contribution in [1.29, 1.82) is 0 Å². The van der Waals surface area contributed by atoms with E-state index in [1.165, 1.54) is 12.1 Å². The van der Waals surface area contributed by atoms with Gasteiger partial charge in [-0.05, 0) is 43.7 Å². The molecule has 1 N–H and O–H groups in total. The lowest BCUT2D eigenvalue weighted by molar-refractivity contribution is -0.120. The molecule has 0 unspecified atom stereocenters. The number of ether oxygens (including phenoxy) is 1. The fraction of sp³-hybridized carbons (Fsp3) is 0.286. The second kappa shape index (κ2) is 9.19. The van der Waals surface area contributed by atoms with Crippen LogP contribution in [0.1, 0.15) is 34.1 Å². The SMILES string of the molecule is CCOc1ccccc1NC(=O)[C@H](CCS(C)(=O)=O)N1C(=O)c2ccc(Br)cc2C1=O. The molecule has 1 heterocycles. The molecule has 8 nitrogen and oxygen atoms in total. The van der Waals surface area contributed by atoms with Crippen molar-refractivity contribution in [1.82, 2.24) is 4.90 Å². The van der Waals surface area contributed by atoms with Crippen molar-refractivity contribution in [3.8, 4) is 5.75 Å². The molecule has 0 aromatic heterocycles. The van der Waals surface area contributed by atoms with Crippen LogP contribution in [0.25, 0.3) is 0 Å². The summed E-state index contributed by atoms with van der Waals surface area (Å²) in [5.74, 6) is -1.90. The Bertz CT molecular complexity index is 1150. The first kappa shape index (κ1) is 23.0. The Morgan fingerprint density at radius 1 is 1.13 bits per heavy atom. The molecule has 31 heavy (non-hydrogen) atoms. The minimum atomic E-state index is -3.44. The zero-order valence-corrected chi connectivity index (χ0v) is 19.3. The number of carbonyl (C=O) groups excluding carboxylic acids is 3. The van der Waals surface area contributed by atoms with E-state index >= 15 is 0 Å². The zero-order valence-electron chi connectivity index (χ0n) is 16.9. The smallest absolute Gasteiger partial charge is 0.262 e. The topological polar surface area (TPSA) is 110 Å². The molecule has 1 atom stereocenters. The predicted octanol–water partition coefficient (Wildman–Crippen LogP) is 2.89. The van der Waals surface area contributed by atoms with Crippen molar-refractivity contribution in [3.05, 3.63) is 58.1 Å². The van der Waals surface area contributed by atoms with Crippen LogP contribution in [0, 0.1) is 0 Å². The Hall–Kier alpha value is -2.72. The first-order valence-electron chi connectivity index (χ1n) is 9.50. The van der Waals surface area contributed by atoms with Crippen molar-refractivity contribution < 1.29 is 27.5 Å². The van der Waals surface area contributed by atoms with Gasteiger partial charge in [0, 0.05) is 10.7 Å². The zero-order chi connectivity index (χ0) is 22.8.